The molecule has 0 saturated carbocycles. The van der Waals surface area contributed by atoms with Gasteiger partial charge in [-0.2, -0.15) is 0 Å². The fourth-order valence-corrected chi connectivity index (χ4v) is 12.6. The summed E-state index contributed by atoms with van der Waals surface area (Å²) >= 11 is 0. The quantitative estimate of drug-likeness (QED) is 0.107. The van der Waals surface area contributed by atoms with Crippen molar-refractivity contribution in [3.8, 4) is 118 Å². The number of aromatic nitrogens is 4. The first kappa shape index (κ1) is 39.0. The molecule has 5 nitrogen and oxygen atoms in total. The molecule has 0 atom stereocenters. The zero-order valence-electron chi connectivity index (χ0n) is 68.5. The topological polar surface area (TPSA) is 35.9 Å². The van der Waals surface area contributed by atoms with E-state index in [4.69, 9.17) is 22.1 Å². The second-order valence-electron chi connectivity index (χ2n) is 24.7. The number of rotatable bonds is 9. The largest absolute Gasteiger partial charge is 0.458 e. The van der Waals surface area contributed by atoms with Crippen molar-refractivity contribution < 1.29 is 34.0 Å². The molecule has 436 valence electrons. The predicted octanol–water partition coefficient (Wildman–Crippen LogP) is 22.2. The lowest BCUT2D eigenvalue weighted by Gasteiger charge is -2.22. The Morgan fingerprint density at radius 2 is 0.978 bits per heavy atom. The Balaban J connectivity index is 1.05. The molecular formula is C86H66N4O. The Morgan fingerprint density at radius 1 is 0.407 bits per heavy atom. The SMILES string of the molecule is [2H]c1c([2H])c([2H])c(-c2cccc3c2-c2cccc(-c4ccc(C(C)(C)C)cc4)c2-[n+]2[c-]n(-c4cccc(Oc5ccc6c7ccccc7n(-c7cc(C(C)(C)C)ccn7)c6c5)c4)c4cc(-c5c([2H])c(-c6c([2H])c([2H])c([2H])c([2H])c6[2H])c([2H])c(-c6c([2H])c([2H])c([2H])c([2H])c6[2H])c5[2H])cc(c42)-c2ccccc2-3)c([2H])c1[2H]. The fraction of sp³-hybridized carbons (Fsp3) is 0.0930. The summed E-state index contributed by atoms with van der Waals surface area (Å²) in [6.07, 6.45) is 5.63. The maximum absolute atomic E-state index is 10.5. The van der Waals surface area contributed by atoms with Gasteiger partial charge in [0, 0.05) is 23.0 Å². The van der Waals surface area contributed by atoms with E-state index in [1.54, 1.807) is 28.8 Å². The average Bonchev–Trinajstić information content (AvgIpc) is 1.65. The Kier molecular flexibility index (Phi) is 9.37. The molecule has 0 aliphatic carbocycles. The summed E-state index contributed by atoms with van der Waals surface area (Å²) in [5.74, 6) is 1.59. The van der Waals surface area contributed by atoms with E-state index in [0.29, 0.717) is 78.4 Å². The first-order valence-electron chi connectivity index (χ1n) is 39.0. The standard InChI is InChI=1S/C86H66N4O/c1-85(2,3)64-41-39-59(40-42-64)70-35-22-37-76-82-69(58-27-14-9-15-28-58)34-21-36-75(82)71-31-16-17-32-72(71)77-50-63(62-48-60(56-23-10-7-11-24-56)47-61(49-62)57-25-12-8-13-26-57)51-80-84(77)89(83(70)76)55-88(80)66-29-20-30-67(53-66)91-68-43-44-74-73-33-18-19-38-78(73)90(79(74)54-68)81-52-65(45-46-87-81)86(4,5)6/h7-54H,1-6H3/i7D,8D,9D,10D,11D,12D,13D,14D,15D,23D,24D,25D,26D,27D,28D,47D,48D,49D. The molecule has 0 N–H and O–H groups in total. The summed E-state index contributed by atoms with van der Waals surface area (Å²) in [6.45, 7) is 12.8. The second-order valence-corrected chi connectivity index (χ2v) is 24.7. The lowest BCUT2D eigenvalue weighted by Crippen LogP contribution is -2.32. The Labute approximate surface area is 557 Å². The van der Waals surface area contributed by atoms with Crippen LogP contribution in [0.25, 0.3) is 139 Å². The minimum atomic E-state index is -0.807. The van der Waals surface area contributed by atoms with Crippen LogP contribution in [-0.2, 0) is 10.8 Å². The van der Waals surface area contributed by atoms with Crippen LogP contribution in [-0.4, -0.2) is 14.1 Å². The van der Waals surface area contributed by atoms with E-state index in [1.807, 2.05) is 132 Å². The van der Waals surface area contributed by atoms with Crippen LogP contribution in [0.4, 0.5) is 0 Å². The average molecular weight is 1190 g/mol. The molecule has 5 heteroatoms. The van der Waals surface area contributed by atoms with Crippen molar-refractivity contribution in [3.63, 3.8) is 0 Å². The molecule has 15 aromatic rings. The Morgan fingerprint density at radius 3 is 1.67 bits per heavy atom. The third-order valence-electron chi connectivity index (χ3n) is 17.0. The monoisotopic (exact) mass is 1190 g/mol. The highest BCUT2D eigenvalue weighted by atomic mass is 16.5. The van der Waals surface area contributed by atoms with Crippen molar-refractivity contribution in [1.29, 1.82) is 0 Å². The first-order chi connectivity index (χ1) is 51.9. The van der Waals surface area contributed by atoms with E-state index in [9.17, 15) is 12.3 Å². The molecule has 0 fully saturated rings. The molecule has 12 aromatic carbocycles. The summed E-state index contributed by atoms with van der Waals surface area (Å²) in [4.78, 5) is 4.91. The van der Waals surface area contributed by atoms with Gasteiger partial charge in [-0.05, 0) is 184 Å². The molecule has 16 rings (SSSR count). The van der Waals surface area contributed by atoms with Crippen molar-refractivity contribution >= 4 is 32.8 Å². The highest BCUT2D eigenvalue weighted by Crippen LogP contribution is 2.50. The van der Waals surface area contributed by atoms with Gasteiger partial charge >= 0.3 is 0 Å². The number of pyridine rings is 1. The highest BCUT2D eigenvalue weighted by molar-refractivity contribution is 6.10. The van der Waals surface area contributed by atoms with Crippen LogP contribution in [0.15, 0.2) is 291 Å². The van der Waals surface area contributed by atoms with Crippen molar-refractivity contribution in [3.05, 3.63) is 308 Å². The summed E-state index contributed by atoms with van der Waals surface area (Å²) in [5.41, 5.74) is 7.48. The number of benzene rings is 12. The van der Waals surface area contributed by atoms with E-state index in [-0.39, 0.29) is 27.5 Å². The maximum Gasteiger partial charge on any atom is 0.269 e. The number of imidazole rings is 1. The third-order valence-corrected chi connectivity index (χ3v) is 17.0. The van der Waals surface area contributed by atoms with Gasteiger partial charge in [-0.15, -0.1) is 0 Å². The van der Waals surface area contributed by atoms with Crippen molar-refractivity contribution in [2.45, 2.75) is 52.4 Å². The van der Waals surface area contributed by atoms with Gasteiger partial charge in [0.05, 0.1) is 58.1 Å². The molecule has 91 heavy (non-hydrogen) atoms. The van der Waals surface area contributed by atoms with E-state index >= 15 is 0 Å². The van der Waals surface area contributed by atoms with Crippen molar-refractivity contribution in [2.24, 2.45) is 0 Å². The van der Waals surface area contributed by atoms with Crippen LogP contribution >= 0.6 is 0 Å². The normalized spacial score (nSPS) is 14.8. The van der Waals surface area contributed by atoms with E-state index < -0.39 is 131 Å². The van der Waals surface area contributed by atoms with Crippen LogP contribution < -0.4 is 9.30 Å². The molecular weight excluding hydrogens is 1100 g/mol. The number of nitrogens with zero attached hydrogens (tertiary/aromatic N) is 4. The minimum absolute atomic E-state index is 0.0561. The molecule has 1 aliphatic rings. The third kappa shape index (κ3) is 9.82. The molecule has 3 aromatic heterocycles. The molecule has 4 heterocycles. The van der Waals surface area contributed by atoms with Gasteiger partial charge in [0.25, 0.3) is 6.33 Å². The second kappa shape index (κ2) is 21.9. The van der Waals surface area contributed by atoms with E-state index in [2.05, 4.69) is 82.8 Å². The van der Waals surface area contributed by atoms with Gasteiger partial charge < -0.3 is 4.74 Å². The molecule has 0 unspecified atom stereocenters. The zero-order valence-corrected chi connectivity index (χ0v) is 50.5. The lowest BCUT2D eigenvalue weighted by atomic mass is 9.83. The molecule has 0 amide bonds. The van der Waals surface area contributed by atoms with Gasteiger partial charge in [-0.1, -0.05) is 247 Å². The molecule has 0 spiro atoms. The molecule has 1 aliphatic heterocycles. The lowest BCUT2D eigenvalue weighted by molar-refractivity contribution is -0.570. The smallest absolute Gasteiger partial charge is 0.269 e. The molecule has 0 radical (unpaired) electrons. The Hall–Kier alpha value is -11.1. The summed E-state index contributed by atoms with van der Waals surface area (Å²) in [6, 6.07) is 43.3. The van der Waals surface area contributed by atoms with Crippen LogP contribution in [0.5, 0.6) is 11.5 Å². The van der Waals surface area contributed by atoms with Gasteiger partial charge in [-0.25, -0.2) is 4.98 Å². The van der Waals surface area contributed by atoms with Crippen LogP contribution in [0.2, 0.25) is 0 Å². The zero-order chi connectivity index (χ0) is 77.2. The number of hydrogen-bond acceptors (Lipinski definition) is 2. The summed E-state index contributed by atoms with van der Waals surface area (Å²) < 4.78 is 180. The number of fused-ring (bicyclic) bond motifs is 10. The minimum Gasteiger partial charge on any atom is -0.458 e. The van der Waals surface area contributed by atoms with Crippen LogP contribution in [0, 0.1) is 6.33 Å². The summed E-state index contributed by atoms with van der Waals surface area (Å²) in [7, 11) is 0. The van der Waals surface area contributed by atoms with Crippen molar-refractivity contribution in [1.82, 2.24) is 14.1 Å². The fourth-order valence-electron chi connectivity index (χ4n) is 12.6. The van der Waals surface area contributed by atoms with Gasteiger partial charge in [0.2, 0.25) is 0 Å². The first-order valence-corrected chi connectivity index (χ1v) is 30.0. The maximum atomic E-state index is 10.5. The van der Waals surface area contributed by atoms with Crippen molar-refractivity contribution in [2.75, 3.05) is 0 Å². The number of hydrogen-bond donors (Lipinski definition) is 0. The predicted molar refractivity (Wildman–Crippen MR) is 377 cm³/mol. The van der Waals surface area contributed by atoms with E-state index in [0.717, 1.165) is 44.3 Å². The van der Waals surface area contributed by atoms with Crippen LogP contribution in [0.3, 0.4) is 0 Å². The summed E-state index contributed by atoms with van der Waals surface area (Å²) in [5, 5.41) is 1.98. The molecule has 0 bridgehead atoms. The Bertz CT molecular complexity index is 6280. The van der Waals surface area contributed by atoms with Gasteiger partial charge in [0.1, 0.15) is 17.3 Å². The van der Waals surface area contributed by atoms with Gasteiger partial charge in [-0.3, -0.25) is 13.7 Å². The molecule has 0 saturated heterocycles. The van der Waals surface area contributed by atoms with Crippen LogP contribution in [0.1, 0.15) is 77.3 Å². The number of para-hydroxylation sites is 2. The number of ether oxygens (including phenoxy) is 1. The van der Waals surface area contributed by atoms with E-state index in [1.165, 1.54) is 0 Å². The highest BCUT2D eigenvalue weighted by Gasteiger charge is 2.30. The van der Waals surface area contributed by atoms with Gasteiger partial charge in [0.15, 0.2) is 0 Å².